The van der Waals surface area contributed by atoms with Gasteiger partial charge in [0, 0.05) is 50.5 Å². The van der Waals surface area contributed by atoms with Crippen LogP contribution in [0, 0.1) is 6.92 Å². The van der Waals surface area contributed by atoms with Crippen molar-refractivity contribution in [3.63, 3.8) is 0 Å². The number of ether oxygens (including phenoxy) is 2. The van der Waals surface area contributed by atoms with Gasteiger partial charge in [-0.2, -0.15) is 15.1 Å². The van der Waals surface area contributed by atoms with E-state index < -0.39 is 0 Å². The average molecular weight is 465 g/mol. The molecule has 0 bridgehead atoms. The van der Waals surface area contributed by atoms with Crippen LogP contribution in [0.15, 0.2) is 23.0 Å². The minimum Gasteiger partial charge on any atom is -0.481 e. The van der Waals surface area contributed by atoms with Crippen LogP contribution < -0.4 is 14.4 Å². The van der Waals surface area contributed by atoms with Crippen LogP contribution in [0.4, 0.5) is 6.01 Å². The highest BCUT2D eigenvalue weighted by atomic mass is 16.5. The molecular weight excluding hydrogens is 436 g/mol. The largest absolute Gasteiger partial charge is 0.481 e. The maximum absolute atomic E-state index is 6.31. The van der Waals surface area contributed by atoms with Crippen molar-refractivity contribution in [2.75, 3.05) is 25.1 Å². The van der Waals surface area contributed by atoms with Crippen molar-refractivity contribution in [1.29, 1.82) is 0 Å². The zero-order chi connectivity index (χ0) is 23.8. The van der Waals surface area contributed by atoms with E-state index in [1.165, 1.54) is 6.33 Å². The van der Waals surface area contributed by atoms with Gasteiger partial charge >= 0.3 is 6.01 Å². The van der Waals surface area contributed by atoms with Crippen molar-refractivity contribution in [3.8, 4) is 23.0 Å². The Balaban J connectivity index is 1.35. The van der Waals surface area contributed by atoms with Gasteiger partial charge in [-0.3, -0.25) is 4.68 Å². The zero-order valence-corrected chi connectivity index (χ0v) is 20.0. The van der Waals surface area contributed by atoms with Crippen LogP contribution >= 0.6 is 0 Å². The number of aryl methyl sites for hydroxylation is 2. The third kappa shape index (κ3) is 4.02. The molecule has 1 aliphatic heterocycles. The maximum Gasteiger partial charge on any atom is 0.324 e. The van der Waals surface area contributed by atoms with Crippen molar-refractivity contribution in [1.82, 2.24) is 34.9 Å². The summed E-state index contributed by atoms with van der Waals surface area (Å²) in [5.41, 5.74) is 3.99. The van der Waals surface area contributed by atoms with Crippen molar-refractivity contribution < 1.29 is 14.0 Å². The number of pyridine rings is 1. The number of rotatable bonds is 6. The van der Waals surface area contributed by atoms with Crippen LogP contribution in [0.3, 0.4) is 0 Å². The molecule has 0 radical (unpaired) electrons. The molecule has 4 aromatic heterocycles. The Morgan fingerprint density at radius 1 is 1.09 bits per heavy atom. The van der Waals surface area contributed by atoms with Gasteiger partial charge in [-0.15, -0.1) is 0 Å². The predicted molar refractivity (Wildman–Crippen MR) is 125 cm³/mol. The summed E-state index contributed by atoms with van der Waals surface area (Å²) < 4.78 is 18.8. The van der Waals surface area contributed by atoms with Gasteiger partial charge in [0.15, 0.2) is 11.3 Å². The molecule has 34 heavy (non-hydrogen) atoms. The van der Waals surface area contributed by atoms with E-state index >= 15 is 0 Å². The predicted octanol–water partition coefficient (Wildman–Crippen LogP) is 3.30. The highest BCUT2D eigenvalue weighted by molar-refractivity contribution is 5.92. The van der Waals surface area contributed by atoms with Gasteiger partial charge in [-0.25, -0.2) is 9.97 Å². The fourth-order valence-electron chi connectivity index (χ4n) is 4.18. The van der Waals surface area contributed by atoms with Crippen LogP contribution in [0.1, 0.15) is 44.1 Å². The highest BCUT2D eigenvalue weighted by Gasteiger charge is 2.27. The molecule has 1 saturated heterocycles. The highest BCUT2D eigenvalue weighted by Crippen LogP contribution is 2.33. The normalized spacial score (nSPS) is 14.8. The number of piperidine rings is 1. The summed E-state index contributed by atoms with van der Waals surface area (Å²) in [4.78, 5) is 20.0. The lowest BCUT2D eigenvalue weighted by Gasteiger charge is -2.30. The maximum atomic E-state index is 6.31. The molecule has 5 heterocycles. The quantitative estimate of drug-likeness (QED) is 0.421. The number of fused-ring (bicyclic) bond motifs is 1. The number of anilines is 1. The Morgan fingerprint density at radius 2 is 1.88 bits per heavy atom. The first-order valence-corrected chi connectivity index (χ1v) is 11.4. The Morgan fingerprint density at radius 3 is 2.56 bits per heavy atom. The molecular formula is C23H28N8O3. The van der Waals surface area contributed by atoms with E-state index in [4.69, 9.17) is 14.0 Å². The summed E-state index contributed by atoms with van der Waals surface area (Å²) in [6.45, 7) is 7.57. The van der Waals surface area contributed by atoms with Crippen molar-refractivity contribution >= 4 is 17.0 Å². The topological polar surface area (TPSA) is 117 Å². The van der Waals surface area contributed by atoms with Crippen LogP contribution in [-0.2, 0) is 7.05 Å². The van der Waals surface area contributed by atoms with Gasteiger partial charge in [-0.05, 0) is 13.0 Å². The molecule has 0 spiro atoms. The van der Waals surface area contributed by atoms with E-state index in [9.17, 15) is 0 Å². The van der Waals surface area contributed by atoms with Gasteiger partial charge in [-0.1, -0.05) is 19.0 Å². The van der Waals surface area contributed by atoms with Crippen LogP contribution in [-0.4, -0.2) is 61.2 Å². The van der Waals surface area contributed by atoms with Gasteiger partial charge < -0.3 is 18.9 Å². The van der Waals surface area contributed by atoms with Gasteiger partial charge in [0.2, 0.25) is 11.8 Å². The smallest absolute Gasteiger partial charge is 0.324 e. The monoisotopic (exact) mass is 464 g/mol. The number of hydrogen-bond acceptors (Lipinski definition) is 10. The molecule has 178 valence electrons. The molecule has 11 nitrogen and oxygen atoms in total. The SMILES string of the molecule is COc1ccc(-c2c3ncnc(OC4CCN(c5nc(C(C)C)no5)CC4)c3nn2C)c(C)n1. The van der Waals surface area contributed by atoms with Gasteiger partial charge in [0.1, 0.15) is 17.9 Å². The third-order valence-corrected chi connectivity index (χ3v) is 6.05. The molecule has 0 aromatic carbocycles. The molecule has 0 N–H and O–H groups in total. The summed E-state index contributed by atoms with van der Waals surface area (Å²) >= 11 is 0. The Hall–Kier alpha value is -3.76. The second-order valence-electron chi connectivity index (χ2n) is 8.73. The molecule has 4 aromatic rings. The molecule has 0 atom stereocenters. The molecule has 0 amide bonds. The lowest BCUT2D eigenvalue weighted by molar-refractivity contribution is 0.163. The Labute approximate surface area is 197 Å². The van der Waals surface area contributed by atoms with Gasteiger partial charge in [0.25, 0.3) is 0 Å². The van der Waals surface area contributed by atoms with E-state index in [-0.39, 0.29) is 12.0 Å². The summed E-state index contributed by atoms with van der Waals surface area (Å²) in [7, 11) is 3.49. The van der Waals surface area contributed by atoms with Crippen molar-refractivity contribution in [2.45, 2.75) is 45.6 Å². The molecule has 5 rings (SSSR count). The zero-order valence-electron chi connectivity index (χ0n) is 20.0. The van der Waals surface area contributed by atoms with E-state index in [0.29, 0.717) is 23.3 Å². The van der Waals surface area contributed by atoms with Crippen LogP contribution in [0.5, 0.6) is 11.8 Å². The second-order valence-corrected chi connectivity index (χ2v) is 8.73. The summed E-state index contributed by atoms with van der Waals surface area (Å²) in [5.74, 6) is 2.02. The minimum absolute atomic E-state index is 0.0108. The number of methoxy groups -OCH3 is 1. The fourth-order valence-corrected chi connectivity index (χ4v) is 4.18. The third-order valence-electron chi connectivity index (χ3n) is 6.05. The second kappa shape index (κ2) is 8.88. The lowest BCUT2D eigenvalue weighted by atomic mass is 10.1. The van der Waals surface area contributed by atoms with E-state index in [0.717, 1.165) is 54.2 Å². The average Bonchev–Trinajstić information content (AvgIpc) is 3.45. The van der Waals surface area contributed by atoms with Crippen molar-refractivity contribution in [2.24, 2.45) is 7.05 Å². The van der Waals surface area contributed by atoms with Crippen molar-refractivity contribution in [3.05, 3.63) is 30.0 Å². The number of hydrogen-bond donors (Lipinski definition) is 0. The fraction of sp³-hybridized carbons (Fsp3) is 0.478. The number of nitrogens with zero attached hydrogens (tertiary/aromatic N) is 8. The first kappa shape index (κ1) is 22.1. The summed E-state index contributed by atoms with van der Waals surface area (Å²) in [6, 6.07) is 4.38. The molecule has 0 saturated carbocycles. The molecule has 1 aliphatic rings. The van der Waals surface area contributed by atoms with Crippen LogP contribution in [0.2, 0.25) is 0 Å². The number of aromatic nitrogens is 7. The first-order chi connectivity index (χ1) is 16.4. The molecule has 0 unspecified atom stereocenters. The molecule has 1 fully saturated rings. The van der Waals surface area contributed by atoms with Gasteiger partial charge in [0.05, 0.1) is 18.5 Å². The molecule has 11 heteroatoms. The first-order valence-electron chi connectivity index (χ1n) is 11.4. The summed E-state index contributed by atoms with van der Waals surface area (Å²) in [5, 5.41) is 8.75. The Bertz CT molecular complexity index is 1310. The molecule has 0 aliphatic carbocycles. The summed E-state index contributed by atoms with van der Waals surface area (Å²) in [6.07, 6.45) is 3.16. The standard InChI is InChI=1S/C23H28N8O3/c1-13(2)21-27-23(34-29-21)31-10-8-15(9-11-31)33-22-19-18(24-12-25-22)20(30(4)28-19)16-6-7-17(32-5)26-14(16)3/h6-7,12-13,15H,8-11H2,1-5H3. The van der Waals surface area contributed by atoms with E-state index in [1.54, 1.807) is 11.8 Å². The lowest BCUT2D eigenvalue weighted by Crippen LogP contribution is -2.38. The van der Waals surface area contributed by atoms with E-state index in [1.807, 2.05) is 40.0 Å². The van der Waals surface area contributed by atoms with E-state index in [2.05, 4.69) is 35.1 Å². The van der Waals surface area contributed by atoms with Crippen LogP contribution in [0.25, 0.3) is 22.3 Å². The minimum atomic E-state index is 0.0108. The Kier molecular flexibility index (Phi) is 5.76.